The molecule has 0 atom stereocenters. The van der Waals surface area contributed by atoms with Gasteiger partial charge in [-0.1, -0.05) is 34.1 Å². The van der Waals surface area contributed by atoms with Gasteiger partial charge in [-0.25, -0.2) is 10.2 Å². The molecule has 3 amide bonds. The van der Waals surface area contributed by atoms with E-state index >= 15 is 0 Å². The van der Waals surface area contributed by atoms with Gasteiger partial charge in [0.15, 0.2) is 18.1 Å². The van der Waals surface area contributed by atoms with E-state index in [-0.39, 0.29) is 12.5 Å². The highest BCUT2D eigenvalue weighted by Gasteiger charge is 2.12. The molecule has 0 saturated heterocycles. The molecule has 0 bridgehead atoms. The second-order valence-corrected chi connectivity index (χ2v) is 8.72. The average Bonchev–Trinajstić information content (AvgIpc) is 2.82. The Labute approximate surface area is 214 Å². The van der Waals surface area contributed by atoms with Gasteiger partial charge >= 0.3 is 6.03 Å². The minimum absolute atomic E-state index is 0.192. The molecule has 10 heteroatoms. The predicted molar refractivity (Wildman–Crippen MR) is 140 cm³/mol. The number of halogens is 2. The number of methoxy groups -OCH3 is 1. The lowest BCUT2D eigenvalue weighted by Crippen LogP contribution is -2.24. The summed E-state index contributed by atoms with van der Waals surface area (Å²) in [5.74, 6) is 0.490. The highest BCUT2D eigenvalue weighted by Crippen LogP contribution is 2.33. The normalized spacial score (nSPS) is 10.6. The van der Waals surface area contributed by atoms with Crippen molar-refractivity contribution in [1.82, 2.24) is 5.43 Å². The molecule has 0 aliphatic heterocycles. The quantitative estimate of drug-likeness (QED) is 0.232. The molecule has 0 heterocycles. The van der Waals surface area contributed by atoms with Gasteiger partial charge in [0.1, 0.15) is 0 Å². The van der Waals surface area contributed by atoms with Gasteiger partial charge < -0.3 is 20.1 Å². The van der Waals surface area contributed by atoms with Gasteiger partial charge in [-0.15, -0.1) is 0 Å². The lowest BCUT2D eigenvalue weighted by atomic mass is 10.2. The standard InChI is InChI=1S/C24H22Br2N4O4/c1-15-10-18(8-9-19(15)25)29-24(32)30-27-13-16-11-21(33-2)22(12-20(16)26)34-14-23(31)28-17-6-4-3-5-7-17/h3-13H,14H2,1-2H3,(H,28,31)(H2,29,30,32)/b27-13+. The van der Waals surface area contributed by atoms with Gasteiger partial charge in [0.25, 0.3) is 5.91 Å². The molecule has 0 radical (unpaired) electrons. The molecule has 3 N–H and O–H groups in total. The van der Waals surface area contributed by atoms with E-state index in [2.05, 4.69) is 53.0 Å². The number of ether oxygens (including phenoxy) is 2. The van der Waals surface area contributed by atoms with Crippen molar-refractivity contribution in [3.63, 3.8) is 0 Å². The fraction of sp³-hybridized carbons (Fsp3) is 0.125. The van der Waals surface area contributed by atoms with Crippen LogP contribution in [0.3, 0.4) is 0 Å². The number of anilines is 2. The summed E-state index contributed by atoms with van der Waals surface area (Å²) in [4.78, 5) is 24.2. The smallest absolute Gasteiger partial charge is 0.339 e. The summed E-state index contributed by atoms with van der Waals surface area (Å²) < 4.78 is 12.6. The number of hydrogen-bond acceptors (Lipinski definition) is 5. The van der Waals surface area contributed by atoms with Gasteiger partial charge in [0.05, 0.1) is 13.3 Å². The Morgan fingerprint density at radius 2 is 1.71 bits per heavy atom. The van der Waals surface area contributed by atoms with Crippen molar-refractivity contribution >= 4 is 61.4 Å². The van der Waals surface area contributed by atoms with Crippen molar-refractivity contribution in [3.05, 3.63) is 80.7 Å². The van der Waals surface area contributed by atoms with Crippen molar-refractivity contribution in [3.8, 4) is 11.5 Å². The largest absolute Gasteiger partial charge is 0.493 e. The van der Waals surface area contributed by atoms with Crippen LogP contribution in [-0.2, 0) is 4.79 Å². The molecule has 0 unspecified atom stereocenters. The first-order chi connectivity index (χ1) is 16.4. The second-order valence-electron chi connectivity index (χ2n) is 7.02. The van der Waals surface area contributed by atoms with Gasteiger partial charge in [-0.3, -0.25) is 4.79 Å². The Morgan fingerprint density at radius 3 is 2.41 bits per heavy atom. The minimum Gasteiger partial charge on any atom is -0.493 e. The first-order valence-corrected chi connectivity index (χ1v) is 11.7. The lowest BCUT2D eigenvalue weighted by molar-refractivity contribution is -0.118. The van der Waals surface area contributed by atoms with Crippen LogP contribution in [0.1, 0.15) is 11.1 Å². The van der Waals surface area contributed by atoms with E-state index in [1.807, 2.05) is 37.3 Å². The van der Waals surface area contributed by atoms with Crippen LogP contribution in [0.5, 0.6) is 11.5 Å². The topological polar surface area (TPSA) is 101 Å². The number of nitrogens with one attached hydrogen (secondary N) is 3. The number of hydrogen-bond donors (Lipinski definition) is 3. The van der Waals surface area contributed by atoms with E-state index in [0.717, 1.165) is 10.0 Å². The zero-order valence-corrected chi connectivity index (χ0v) is 21.6. The summed E-state index contributed by atoms with van der Waals surface area (Å²) >= 11 is 6.87. The molecule has 0 spiro atoms. The third kappa shape index (κ3) is 7.32. The van der Waals surface area contributed by atoms with E-state index in [4.69, 9.17) is 9.47 Å². The van der Waals surface area contributed by atoms with Gasteiger partial charge in [0, 0.05) is 25.9 Å². The Balaban J connectivity index is 1.58. The number of benzene rings is 3. The van der Waals surface area contributed by atoms with Crippen LogP contribution < -0.4 is 25.5 Å². The highest BCUT2D eigenvalue weighted by atomic mass is 79.9. The number of carbonyl (C=O) groups is 2. The Hall–Kier alpha value is -3.37. The van der Waals surface area contributed by atoms with Crippen molar-refractivity contribution in [2.24, 2.45) is 5.10 Å². The monoisotopic (exact) mass is 588 g/mol. The number of amides is 3. The number of urea groups is 1. The van der Waals surface area contributed by atoms with E-state index in [1.54, 1.807) is 30.3 Å². The molecule has 0 aliphatic rings. The summed E-state index contributed by atoms with van der Waals surface area (Å²) in [5, 5.41) is 9.44. The van der Waals surface area contributed by atoms with E-state index in [0.29, 0.717) is 32.9 Å². The van der Waals surface area contributed by atoms with Crippen LogP contribution in [0.4, 0.5) is 16.2 Å². The molecule has 34 heavy (non-hydrogen) atoms. The maximum atomic E-state index is 12.2. The molecule has 0 saturated carbocycles. The third-order valence-corrected chi connectivity index (χ3v) is 6.06. The molecule has 3 rings (SSSR count). The lowest BCUT2D eigenvalue weighted by Gasteiger charge is -2.13. The second kappa shape index (κ2) is 12.2. The maximum Gasteiger partial charge on any atom is 0.339 e. The molecule has 0 aliphatic carbocycles. The number of carbonyl (C=O) groups excluding carboxylic acids is 2. The third-order valence-electron chi connectivity index (χ3n) is 4.48. The number of rotatable bonds is 8. The summed E-state index contributed by atoms with van der Waals surface area (Å²) in [7, 11) is 1.49. The van der Waals surface area contributed by atoms with Crippen LogP contribution in [-0.4, -0.2) is 31.9 Å². The van der Waals surface area contributed by atoms with Crippen LogP contribution >= 0.6 is 31.9 Å². The first kappa shape index (κ1) is 25.3. The minimum atomic E-state index is -0.481. The number of nitrogens with zero attached hydrogens (tertiary/aromatic N) is 1. The number of aryl methyl sites for hydroxylation is 1. The first-order valence-electron chi connectivity index (χ1n) is 10.1. The summed E-state index contributed by atoms with van der Waals surface area (Å²) in [6.45, 7) is 1.74. The summed E-state index contributed by atoms with van der Waals surface area (Å²) in [6.07, 6.45) is 1.46. The van der Waals surface area contributed by atoms with Crippen LogP contribution in [0, 0.1) is 6.92 Å². The Kier molecular flexibility index (Phi) is 9.06. The van der Waals surface area contributed by atoms with Gasteiger partial charge in [0.2, 0.25) is 0 Å². The molecule has 0 aromatic heterocycles. The molecular formula is C24H22Br2N4O4. The fourth-order valence-corrected chi connectivity index (χ4v) is 3.50. The molecule has 176 valence electrons. The van der Waals surface area contributed by atoms with Gasteiger partial charge in [-0.2, -0.15) is 5.10 Å². The van der Waals surface area contributed by atoms with Crippen LogP contribution in [0.25, 0.3) is 0 Å². The van der Waals surface area contributed by atoms with Crippen LogP contribution in [0.15, 0.2) is 74.7 Å². The van der Waals surface area contributed by atoms with Gasteiger partial charge in [-0.05, 0) is 70.9 Å². The Morgan fingerprint density at radius 1 is 0.941 bits per heavy atom. The maximum absolute atomic E-state index is 12.2. The highest BCUT2D eigenvalue weighted by molar-refractivity contribution is 9.10. The van der Waals surface area contributed by atoms with Crippen molar-refractivity contribution < 1.29 is 19.1 Å². The van der Waals surface area contributed by atoms with Crippen molar-refractivity contribution in [1.29, 1.82) is 0 Å². The number of para-hydroxylation sites is 1. The van der Waals surface area contributed by atoms with E-state index in [9.17, 15) is 9.59 Å². The fourth-order valence-electron chi connectivity index (χ4n) is 2.83. The molecular weight excluding hydrogens is 568 g/mol. The van der Waals surface area contributed by atoms with Crippen molar-refractivity contribution in [2.75, 3.05) is 24.4 Å². The van der Waals surface area contributed by atoms with E-state index in [1.165, 1.54) is 13.3 Å². The zero-order chi connectivity index (χ0) is 24.5. The predicted octanol–water partition coefficient (Wildman–Crippen LogP) is 5.70. The summed E-state index contributed by atoms with van der Waals surface area (Å²) in [6, 6.07) is 17.4. The molecule has 8 nitrogen and oxygen atoms in total. The van der Waals surface area contributed by atoms with Crippen LogP contribution in [0.2, 0.25) is 0 Å². The SMILES string of the molecule is COc1cc(/C=N/NC(=O)Nc2ccc(Br)c(C)c2)c(Br)cc1OCC(=O)Nc1ccccc1. The molecule has 3 aromatic rings. The number of hydrazone groups is 1. The summed E-state index contributed by atoms with van der Waals surface area (Å²) in [5.41, 5.74) is 5.38. The molecule has 0 fully saturated rings. The van der Waals surface area contributed by atoms with Crippen molar-refractivity contribution in [2.45, 2.75) is 6.92 Å². The van der Waals surface area contributed by atoms with E-state index < -0.39 is 6.03 Å². The zero-order valence-electron chi connectivity index (χ0n) is 18.4. The Bertz CT molecular complexity index is 1200. The average molecular weight is 590 g/mol. The molecule has 3 aromatic carbocycles.